The Kier molecular flexibility index (Phi) is 7.34. The quantitative estimate of drug-likeness (QED) is 0.722. The molecule has 0 bridgehead atoms. The molecule has 0 unspecified atom stereocenters. The van der Waals surface area contributed by atoms with Crippen LogP contribution >= 0.6 is 0 Å². The monoisotopic (exact) mass is 371 g/mol. The van der Waals surface area contributed by atoms with Crippen LogP contribution in [0.5, 0.6) is 0 Å². The molecule has 1 amide bonds. The number of benzene rings is 2. The van der Waals surface area contributed by atoms with Gasteiger partial charge in [0.1, 0.15) is 6.04 Å². The summed E-state index contributed by atoms with van der Waals surface area (Å²) in [5.41, 5.74) is 0.839. The minimum Gasteiger partial charge on any atom is -0.467 e. The van der Waals surface area contributed by atoms with Crippen LogP contribution in [0.1, 0.15) is 25.8 Å². The summed E-state index contributed by atoms with van der Waals surface area (Å²) in [6.45, 7) is 3.44. The van der Waals surface area contributed by atoms with Crippen LogP contribution in [-0.4, -0.2) is 37.6 Å². The van der Waals surface area contributed by atoms with Gasteiger partial charge in [-0.15, -0.1) is 0 Å². The number of hydrogen-bond acceptors (Lipinski definition) is 5. The third kappa shape index (κ3) is 6.09. The van der Waals surface area contributed by atoms with E-state index in [4.69, 9.17) is 9.47 Å². The summed E-state index contributed by atoms with van der Waals surface area (Å²) >= 11 is 0. The van der Waals surface area contributed by atoms with Crippen molar-refractivity contribution in [1.29, 1.82) is 0 Å². The van der Waals surface area contributed by atoms with Gasteiger partial charge in [-0.25, -0.2) is 4.79 Å². The van der Waals surface area contributed by atoms with E-state index in [1.54, 1.807) is 0 Å². The predicted octanol–water partition coefficient (Wildman–Crippen LogP) is 2.63. The number of carbonyl (C=O) groups excluding carboxylic acids is 3. The van der Waals surface area contributed by atoms with Gasteiger partial charge in [0.15, 0.2) is 6.61 Å². The average molecular weight is 371 g/mol. The molecule has 0 saturated carbocycles. The number of rotatable bonds is 8. The van der Waals surface area contributed by atoms with E-state index in [1.165, 1.54) is 7.11 Å². The summed E-state index contributed by atoms with van der Waals surface area (Å²) < 4.78 is 9.77. The van der Waals surface area contributed by atoms with Gasteiger partial charge in [-0.2, -0.15) is 0 Å². The fourth-order valence-electron chi connectivity index (χ4n) is 2.86. The van der Waals surface area contributed by atoms with Gasteiger partial charge in [-0.3, -0.25) is 9.59 Å². The summed E-state index contributed by atoms with van der Waals surface area (Å²) in [5, 5.41) is 4.57. The van der Waals surface area contributed by atoms with E-state index in [0.717, 1.165) is 16.3 Å². The number of nitrogens with one attached hydrogen (secondary N) is 1. The Labute approximate surface area is 158 Å². The Morgan fingerprint density at radius 2 is 1.74 bits per heavy atom. The van der Waals surface area contributed by atoms with Gasteiger partial charge in [0.05, 0.1) is 13.5 Å². The first kappa shape index (κ1) is 20.4. The van der Waals surface area contributed by atoms with Gasteiger partial charge in [0.25, 0.3) is 5.91 Å². The predicted molar refractivity (Wildman–Crippen MR) is 102 cm³/mol. The van der Waals surface area contributed by atoms with Gasteiger partial charge >= 0.3 is 11.9 Å². The Morgan fingerprint density at radius 3 is 2.44 bits per heavy atom. The molecule has 0 saturated heterocycles. The lowest BCUT2D eigenvalue weighted by atomic mass is 10.0. The minimum absolute atomic E-state index is 0.0705. The fraction of sp³-hybridized carbons (Fsp3) is 0.381. The van der Waals surface area contributed by atoms with Gasteiger partial charge in [-0.1, -0.05) is 56.3 Å². The summed E-state index contributed by atoms with van der Waals surface area (Å²) in [7, 11) is 1.27. The minimum atomic E-state index is -0.751. The van der Waals surface area contributed by atoms with Gasteiger partial charge in [0, 0.05) is 0 Å². The van der Waals surface area contributed by atoms with E-state index in [0.29, 0.717) is 6.42 Å². The zero-order valence-electron chi connectivity index (χ0n) is 15.9. The highest BCUT2D eigenvalue weighted by molar-refractivity contribution is 5.90. The van der Waals surface area contributed by atoms with Crippen molar-refractivity contribution in [3.63, 3.8) is 0 Å². The van der Waals surface area contributed by atoms with Crippen LogP contribution < -0.4 is 5.32 Å². The Hall–Kier alpha value is -2.89. The van der Waals surface area contributed by atoms with Crippen molar-refractivity contribution >= 4 is 28.6 Å². The number of hydrogen-bond donors (Lipinski definition) is 1. The van der Waals surface area contributed by atoms with Crippen molar-refractivity contribution < 1.29 is 23.9 Å². The van der Waals surface area contributed by atoms with Crippen LogP contribution in [0.3, 0.4) is 0 Å². The van der Waals surface area contributed by atoms with E-state index < -0.39 is 30.5 Å². The highest BCUT2D eigenvalue weighted by atomic mass is 16.5. The van der Waals surface area contributed by atoms with E-state index in [1.807, 2.05) is 56.3 Å². The van der Waals surface area contributed by atoms with Gasteiger partial charge in [-0.05, 0) is 28.7 Å². The van der Waals surface area contributed by atoms with Crippen molar-refractivity contribution in [3.8, 4) is 0 Å². The molecule has 0 aliphatic carbocycles. The molecule has 27 heavy (non-hydrogen) atoms. The summed E-state index contributed by atoms with van der Waals surface area (Å²) in [6, 6.07) is 12.7. The maximum absolute atomic E-state index is 12.1. The molecule has 2 aromatic carbocycles. The summed E-state index contributed by atoms with van der Waals surface area (Å²) in [6.07, 6.45) is 0.517. The zero-order chi connectivity index (χ0) is 19.8. The lowest BCUT2D eigenvalue weighted by Gasteiger charge is -2.18. The highest BCUT2D eigenvalue weighted by Crippen LogP contribution is 2.19. The second-order valence-electron chi connectivity index (χ2n) is 6.75. The zero-order valence-corrected chi connectivity index (χ0v) is 15.9. The molecule has 6 nitrogen and oxygen atoms in total. The second kappa shape index (κ2) is 9.71. The van der Waals surface area contributed by atoms with Crippen LogP contribution in [0.4, 0.5) is 0 Å². The standard InChI is InChI=1S/C21H25NO5/c1-14(2)11-18(21(25)26-3)22-19(23)13-27-20(24)12-16-9-6-8-15-7-4-5-10-17(15)16/h4-10,14,18H,11-13H2,1-3H3,(H,22,23)/t18-/m1/s1. The van der Waals surface area contributed by atoms with Crippen LogP contribution in [-0.2, 0) is 30.3 Å². The van der Waals surface area contributed by atoms with Crippen LogP contribution in [0.25, 0.3) is 10.8 Å². The van der Waals surface area contributed by atoms with Crippen molar-refractivity contribution in [2.75, 3.05) is 13.7 Å². The molecule has 1 atom stereocenters. The molecular formula is C21H25NO5. The van der Waals surface area contributed by atoms with E-state index in [9.17, 15) is 14.4 Å². The first-order chi connectivity index (χ1) is 12.9. The third-order valence-corrected chi connectivity index (χ3v) is 4.11. The van der Waals surface area contributed by atoms with Crippen LogP contribution in [0, 0.1) is 5.92 Å². The molecule has 2 rings (SSSR count). The maximum atomic E-state index is 12.1. The topological polar surface area (TPSA) is 81.7 Å². The van der Waals surface area contributed by atoms with Crippen molar-refractivity contribution in [1.82, 2.24) is 5.32 Å². The Morgan fingerprint density at radius 1 is 1.04 bits per heavy atom. The molecule has 0 aliphatic heterocycles. The average Bonchev–Trinajstić information content (AvgIpc) is 2.65. The molecule has 2 aromatic rings. The fourth-order valence-corrected chi connectivity index (χ4v) is 2.86. The van der Waals surface area contributed by atoms with Crippen LogP contribution in [0.15, 0.2) is 42.5 Å². The number of fused-ring (bicyclic) bond motifs is 1. The molecule has 0 radical (unpaired) electrons. The number of ether oxygens (including phenoxy) is 2. The third-order valence-electron chi connectivity index (χ3n) is 4.11. The Balaban J connectivity index is 1.90. The SMILES string of the molecule is COC(=O)[C@@H](CC(C)C)NC(=O)COC(=O)Cc1cccc2ccccc12. The Bertz CT molecular complexity index is 810. The largest absolute Gasteiger partial charge is 0.467 e. The molecule has 0 aliphatic rings. The first-order valence-electron chi connectivity index (χ1n) is 8.90. The maximum Gasteiger partial charge on any atom is 0.328 e. The number of esters is 2. The second-order valence-corrected chi connectivity index (χ2v) is 6.75. The van der Waals surface area contributed by atoms with Crippen molar-refractivity contribution in [2.45, 2.75) is 32.7 Å². The van der Waals surface area contributed by atoms with Gasteiger partial charge in [0.2, 0.25) is 0 Å². The first-order valence-corrected chi connectivity index (χ1v) is 8.90. The highest BCUT2D eigenvalue weighted by Gasteiger charge is 2.23. The van der Waals surface area contributed by atoms with E-state index >= 15 is 0 Å². The molecule has 1 N–H and O–H groups in total. The van der Waals surface area contributed by atoms with E-state index in [-0.39, 0.29) is 12.3 Å². The number of amides is 1. The van der Waals surface area contributed by atoms with E-state index in [2.05, 4.69) is 5.32 Å². The molecule has 0 aromatic heterocycles. The lowest BCUT2D eigenvalue weighted by molar-refractivity contribution is -0.150. The lowest BCUT2D eigenvalue weighted by Crippen LogP contribution is -2.44. The normalized spacial score (nSPS) is 11.9. The smallest absolute Gasteiger partial charge is 0.328 e. The number of carbonyl (C=O) groups is 3. The molecular weight excluding hydrogens is 346 g/mol. The van der Waals surface area contributed by atoms with Crippen molar-refractivity contribution in [2.24, 2.45) is 5.92 Å². The summed E-state index contributed by atoms with van der Waals surface area (Å²) in [4.78, 5) is 35.9. The number of methoxy groups -OCH3 is 1. The molecule has 0 heterocycles. The molecule has 144 valence electrons. The summed E-state index contributed by atoms with van der Waals surface area (Å²) in [5.74, 6) is -1.35. The van der Waals surface area contributed by atoms with Crippen LogP contribution in [0.2, 0.25) is 0 Å². The van der Waals surface area contributed by atoms with Gasteiger partial charge < -0.3 is 14.8 Å². The molecule has 6 heteroatoms. The van der Waals surface area contributed by atoms with Crippen molar-refractivity contribution in [3.05, 3.63) is 48.0 Å². The molecule has 0 spiro atoms. The molecule has 0 fully saturated rings.